The third-order valence-corrected chi connectivity index (χ3v) is 3.33. The first-order valence-electron chi connectivity index (χ1n) is 5.83. The third kappa shape index (κ3) is 4.82. The van der Waals surface area contributed by atoms with Gasteiger partial charge in [-0.2, -0.15) is 0 Å². The summed E-state index contributed by atoms with van der Waals surface area (Å²) in [6.07, 6.45) is 5.02. The molecule has 2 rings (SSSR count). The van der Waals surface area contributed by atoms with Crippen molar-refractivity contribution < 1.29 is 8.63 Å². The lowest BCUT2D eigenvalue weighted by Crippen LogP contribution is -2.15. The van der Waals surface area contributed by atoms with Crippen molar-refractivity contribution >= 4 is 16.8 Å². The maximum absolute atomic E-state index is 10.8. The van der Waals surface area contributed by atoms with E-state index in [1.807, 2.05) is 0 Å². The zero-order valence-corrected chi connectivity index (χ0v) is 10.8. The summed E-state index contributed by atoms with van der Waals surface area (Å²) in [6.45, 7) is 1.34. The minimum absolute atomic E-state index is 0.444. The largest absolute Gasteiger partial charge is 0.407 e. The molecule has 0 spiro atoms. The van der Waals surface area contributed by atoms with Gasteiger partial charge in [0.1, 0.15) is 0 Å². The van der Waals surface area contributed by atoms with Gasteiger partial charge < -0.3 is 15.1 Å². The molecule has 1 unspecified atom stereocenters. The van der Waals surface area contributed by atoms with Crippen molar-refractivity contribution in [2.75, 3.05) is 23.9 Å². The fraction of sp³-hybridized carbons (Fsp3) is 0.800. The Labute approximate surface area is 103 Å². The number of hydrogen-bond donors (Lipinski definition) is 2. The van der Waals surface area contributed by atoms with Gasteiger partial charge in [-0.05, 0) is 19.3 Å². The van der Waals surface area contributed by atoms with Gasteiger partial charge >= 0.3 is 6.01 Å². The average molecular weight is 258 g/mol. The molecule has 17 heavy (non-hydrogen) atoms. The van der Waals surface area contributed by atoms with Crippen LogP contribution in [0.5, 0.6) is 0 Å². The highest BCUT2D eigenvalue weighted by Crippen LogP contribution is 2.19. The van der Waals surface area contributed by atoms with Gasteiger partial charge in [-0.3, -0.25) is 4.21 Å². The number of nitrogens with one attached hydrogen (secondary N) is 2. The van der Waals surface area contributed by atoms with Gasteiger partial charge in [-0.25, -0.2) is 0 Å². The number of nitrogens with zero attached hydrogens (tertiary/aromatic N) is 2. The maximum Gasteiger partial charge on any atom is 0.315 e. The van der Waals surface area contributed by atoms with Crippen molar-refractivity contribution in [1.29, 1.82) is 0 Å². The predicted octanol–water partition coefficient (Wildman–Crippen LogP) is 0.502. The summed E-state index contributed by atoms with van der Waals surface area (Å²) in [5, 5.41) is 14.1. The van der Waals surface area contributed by atoms with Crippen molar-refractivity contribution in [2.24, 2.45) is 0 Å². The van der Waals surface area contributed by atoms with E-state index in [1.165, 1.54) is 12.8 Å². The third-order valence-electron chi connectivity index (χ3n) is 2.47. The normalized spacial score (nSPS) is 17.0. The van der Waals surface area contributed by atoms with Crippen LogP contribution >= 0.6 is 0 Å². The second-order valence-electron chi connectivity index (χ2n) is 4.21. The molecule has 0 saturated heterocycles. The van der Waals surface area contributed by atoms with Crippen LogP contribution in [0, 0.1) is 0 Å². The second-order valence-corrected chi connectivity index (χ2v) is 5.77. The van der Waals surface area contributed by atoms with E-state index in [9.17, 15) is 4.21 Å². The highest BCUT2D eigenvalue weighted by atomic mass is 32.2. The quantitative estimate of drug-likeness (QED) is 0.661. The van der Waals surface area contributed by atoms with E-state index >= 15 is 0 Å². The average Bonchev–Trinajstić information content (AvgIpc) is 3.01. The zero-order chi connectivity index (χ0) is 12.1. The molecule has 0 radical (unpaired) electrons. The minimum Gasteiger partial charge on any atom is -0.407 e. The molecule has 1 aliphatic rings. The Bertz CT molecular complexity index is 378. The number of hydrogen-bond acceptors (Lipinski definition) is 6. The zero-order valence-electron chi connectivity index (χ0n) is 9.94. The molecule has 0 aliphatic heterocycles. The Morgan fingerprint density at radius 2 is 2.29 bits per heavy atom. The van der Waals surface area contributed by atoms with Crippen LogP contribution in [-0.4, -0.2) is 39.0 Å². The van der Waals surface area contributed by atoms with Crippen molar-refractivity contribution in [3.8, 4) is 0 Å². The molecule has 1 aromatic rings. The van der Waals surface area contributed by atoms with E-state index in [1.54, 1.807) is 6.26 Å². The monoisotopic (exact) mass is 258 g/mol. The molecule has 0 bridgehead atoms. The van der Waals surface area contributed by atoms with Gasteiger partial charge in [-0.1, -0.05) is 5.10 Å². The second kappa shape index (κ2) is 6.11. The number of rotatable bonds is 8. The molecule has 0 amide bonds. The summed E-state index contributed by atoms with van der Waals surface area (Å²) in [4.78, 5) is 0. The Balaban J connectivity index is 1.64. The van der Waals surface area contributed by atoms with Crippen LogP contribution in [0.15, 0.2) is 4.42 Å². The van der Waals surface area contributed by atoms with Gasteiger partial charge in [0.15, 0.2) is 0 Å². The standard InChI is InChI=1S/C10H18N4O2S/c1-17(15)6-2-5-11-10-14-13-9(16-10)7-12-8-3-4-8/h8,12H,2-7H2,1H3,(H,11,14). The number of aromatic nitrogens is 2. The highest BCUT2D eigenvalue weighted by Gasteiger charge is 2.21. The molecular weight excluding hydrogens is 240 g/mol. The fourth-order valence-corrected chi connectivity index (χ4v) is 1.94. The molecule has 7 heteroatoms. The Kier molecular flexibility index (Phi) is 4.49. The van der Waals surface area contributed by atoms with E-state index in [-0.39, 0.29) is 0 Å². The van der Waals surface area contributed by atoms with Gasteiger partial charge in [0.25, 0.3) is 0 Å². The van der Waals surface area contributed by atoms with Crippen LogP contribution in [0.2, 0.25) is 0 Å². The lowest BCUT2D eigenvalue weighted by molar-refractivity contribution is 0.476. The van der Waals surface area contributed by atoms with Crippen LogP contribution in [-0.2, 0) is 17.3 Å². The first kappa shape index (κ1) is 12.5. The molecule has 1 aromatic heterocycles. The first-order chi connectivity index (χ1) is 8.24. The van der Waals surface area contributed by atoms with E-state index < -0.39 is 10.8 Å². The maximum atomic E-state index is 10.8. The van der Waals surface area contributed by atoms with Crippen molar-refractivity contribution in [1.82, 2.24) is 15.5 Å². The molecule has 0 aromatic carbocycles. The van der Waals surface area contributed by atoms with Crippen molar-refractivity contribution in [3.05, 3.63) is 5.89 Å². The van der Waals surface area contributed by atoms with E-state index in [2.05, 4.69) is 20.8 Å². The van der Waals surface area contributed by atoms with Crippen LogP contribution in [0.3, 0.4) is 0 Å². The Hall–Kier alpha value is -0.950. The van der Waals surface area contributed by atoms with Crippen LogP contribution in [0.1, 0.15) is 25.2 Å². The summed E-state index contributed by atoms with van der Waals surface area (Å²) in [7, 11) is -0.736. The smallest absolute Gasteiger partial charge is 0.315 e. The lowest BCUT2D eigenvalue weighted by atomic mass is 10.5. The van der Waals surface area contributed by atoms with Gasteiger partial charge in [0.05, 0.1) is 6.54 Å². The molecule has 1 heterocycles. The van der Waals surface area contributed by atoms with Crippen molar-refractivity contribution in [2.45, 2.75) is 31.8 Å². The first-order valence-corrected chi connectivity index (χ1v) is 7.56. The molecule has 1 fully saturated rings. The van der Waals surface area contributed by atoms with Crippen LogP contribution in [0.25, 0.3) is 0 Å². The number of anilines is 1. The molecule has 6 nitrogen and oxygen atoms in total. The molecular formula is C10H18N4O2S. The van der Waals surface area contributed by atoms with E-state index in [4.69, 9.17) is 4.42 Å². The fourth-order valence-electron chi connectivity index (χ4n) is 1.39. The van der Waals surface area contributed by atoms with Crippen LogP contribution in [0.4, 0.5) is 6.01 Å². The minimum atomic E-state index is -0.736. The summed E-state index contributed by atoms with van der Waals surface area (Å²) in [5.41, 5.74) is 0. The summed E-state index contributed by atoms with van der Waals surface area (Å²) < 4.78 is 16.2. The van der Waals surface area contributed by atoms with E-state index in [0.717, 1.165) is 6.42 Å². The molecule has 1 atom stereocenters. The summed E-state index contributed by atoms with van der Waals surface area (Å²) in [6, 6.07) is 1.08. The Morgan fingerprint density at radius 1 is 1.47 bits per heavy atom. The van der Waals surface area contributed by atoms with Gasteiger partial charge in [-0.15, -0.1) is 5.10 Å². The topological polar surface area (TPSA) is 80.0 Å². The molecule has 2 N–H and O–H groups in total. The van der Waals surface area contributed by atoms with Gasteiger partial charge in [0, 0.05) is 35.4 Å². The molecule has 96 valence electrons. The predicted molar refractivity (Wildman–Crippen MR) is 66.2 cm³/mol. The lowest BCUT2D eigenvalue weighted by Gasteiger charge is -1.99. The SMILES string of the molecule is CS(=O)CCCNc1nnc(CNC2CC2)o1. The van der Waals surface area contributed by atoms with Gasteiger partial charge in [0.2, 0.25) is 5.89 Å². The van der Waals surface area contributed by atoms with Crippen LogP contribution < -0.4 is 10.6 Å². The summed E-state index contributed by atoms with van der Waals surface area (Å²) >= 11 is 0. The summed E-state index contributed by atoms with van der Waals surface area (Å²) in [5.74, 6) is 1.30. The molecule has 1 aliphatic carbocycles. The Morgan fingerprint density at radius 3 is 3.00 bits per heavy atom. The highest BCUT2D eigenvalue weighted by molar-refractivity contribution is 7.84. The van der Waals surface area contributed by atoms with Crippen molar-refractivity contribution in [3.63, 3.8) is 0 Å². The van der Waals surface area contributed by atoms with E-state index in [0.29, 0.717) is 36.8 Å². The molecule has 1 saturated carbocycles.